The summed E-state index contributed by atoms with van der Waals surface area (Å²) < 4.78 is 25.1. The van der Waals surface area contributed by atoms with E-state index in [1.807, 2.05) is 54.6 Å². The zero-order valence-corrected chi connectivity index (χ0v) is 16.9. The molecule has 25 heavy (non-hydrogen) atoms. The van der Waals surface area contributed by atoms with E-state index in [1.165, 1.54) is 0 Å². The Hall–Kier alpha value is -1.39. The predicted molar refractivity (Wildman–Crippen MR) is 107 cm³/mol. The van der Waals surface area contributed by atoms with Crippen LogP contribution in [0.1, 0.15) is 25.5 Å². The van der Waals surface area contributed by atoms with Gasteiger partial charge in [-0.15, -0.1) is 0 Å². The molecule has 0 saturated carbocycles. The molecule has 0 spiro atoms. The summed E-state index contributed by atoms with van der Waals surface area (Å²) >= 11 is 3.43. The number of nitrogens with one attached hydrogen (secondary N) is 1. The molecule has 1 N–H and O–H groups in total. The summed E-state index contributed by atoms with van der Waals surface area (Å²) in [7, 11) is -3.44. The third kappa shape index (κ3) is 5.29. The van der Waals surface area contributed by atoms with Gasteiger partial charge in [0.15, 0.2) is 0 Å². The molecular weight excluding hydrogens is 401 g/mol. The van der Waals surface area contributed by atoms with Crippen molar-refractivity contribution in [1.29, 1.82) is 0 Å². The van der Waals surface area contributed by atoms with Gasteiger partial charge in [0, 0.05) is 10.2 Å². The van der Waals surface area contributed by atoms with E-state index in [2.05, 4.69) is 27.8 Å². The number of rotatable bonds is 9. The molecule has 2 aromatic carbocycles. The van der Waals surface area contributed by atoms with Gasteiger partial charge in [0.25, 0.3) is 0 Å². The van der Waals surface area contributed by atoms with Crippen LogP contribution in [0.2, 0.25) is 0 Å². The van der Waals surface area contributed by atoms with Crippen molar-refractivity contribution in [3.8, 4) is 0 Å². The minimum absolute atomic E-state index is 0.288. The minimum Gasteiger partial charge on any atom is -0.374 e. The summed E-state index contributed by atoms with van der Waals surface area (Å²) in [6.07, 6.45) is 0. The second-order valence-corrected chi connectivity index (χ2v) is 8.32. The second-order valence-electron chi connectivity index (χ2n) is 5.32. The number of hydrogen-bond acceptors (Lipinski definition) is 4. The Kier molecular flexibility index (Phi) is 7.45. The maximum Gasteiger partial charge on any atom is 0.359 e. The lowest BCUT2D eigenvalue weighted by Gasteiger charge is -2.27. The zero-order valence-electron chi connectivity index (χ0n) is 14.4. The lowest BCUT2D eigenvalue weighted by molar-refractivity contribution is 0.225. The number of benzene rings is 2. The molecule has 0 aliphatic heterocycles. The number of anilines is 1. The van der Waals surface area contributed by atoms with Gasteiger partial charge in [0.2, 0.25) is 0 Å². The molecule has 2 aromatic rings. The van der Waals surface area contributed by atoms with Crippen molar-refractivity contribution in [2.75, 3.05) is 18.5 Å². The molecule has 0 saturated heterocycles. The average molecular weight is 424 g/mol. The molecule has 0 aromatic heterocycles. The molecule has 4 nitrogen and oxygen atoms in total. The maximum atomic E-state index is 13.2. The van der Waals surface area contributed by atoms with Crippen molar-refractivity contribution in [3.63, 3.8) is 0 Å². The summed E-state index contributed by atoms with van der Waals surface area (Å²) in [5.74, 6) is 0. The van der Waals surface area contributed by atoms with Crippen LogP contribution >= 0.6 is 23.5 Å². The molecule has 0 aliphatic carbocycles. The Balaban J connectivity index is 2.38. The number of halogens is 1. The first-order valence-corrected chi connectivity index (χ1v) is 10.5. The van der Waals surface area contributed by atoms with Gasteiger partial charge in [-0.2, -0.15) is 0 Å². The van der Waals surface area contributed by atoms with E-state index in [9.17, 15) is 4.57 Å². The quantitative estimate of drug-likeness (QED) is 0.475. The molecule has 6 heteroatoms. The molecule has 0 amide bonds. The van der Waals surface area contributed by atoms with Gasteiger partial charge in [-0.1, -0.05) is 52.8 Å². The van der Waals surface area contributed by atoms with E-state index in [1.54, 1.807) is 13.8 Å². The molecule has 0 fully saturated rings. The minimum atomic E-state index is -3.44. The van der Waals surface area contributed by atoms with Crippen molar-refractivity contribution in [1.82, 2.24) is 0 Å². The third-order valence-corrected chi connectivity index (χ3v) is 6.26. The van der Waals surface area contributed by atoms with Crippen molar-refractivity contribution in [2.45, 2.75) is 19.9 Å². The fourth-order valence-electron chi connectivity index (χ4n) is 2.42. The van der Waals surface area contributed by atoms with Crippen LogP contribution < -0.4 is 5.32 Å². The normalized spacial score (nSPS) is 12.6. The molecule has 134 valence electrons. The van der Waals surface area contributed by atoms with Crippen LogP contribution in [0.25, 0.3) is 0 Å². The molecular formula is C19H23BrNO3P. The first kappa shape index (κ1) is 19.9. The van der Waals surface area contributed by atoms with Crippen LogP contribution in [0.15, 0.2) is 71.0 Å². The fourth-order valence-corrected chi connectivity index (χ4v) is 4.30. The van der Waals surface area contributed by atoms with E-state index >= 15 is 0 Å². The predicted octanol–water partition coefficient (Wildman–Crippen LogP) is 6.38. The second kappa shape index (κ2) is 9.35. The lowest BCUT2D eigenvalue weighted by Crippen LogP contribution is -2.15. The largest absolute Gasteiger partial charge is 0.374 e. The molecule has 0 radical (unpaired) electrons. The van der Waals surface area contributed by atoms with E-state index in [0.717, 1.165) is 15.7 Å². The van der Waals surface area contributed by atoms with Crippen LogP contribution in [0.3, 0.4) is 0 Å². The molecule has 0 bridgehead atoms. The zero-order chi connectivity index (χ0) is 18.3. The molecule has 0 heterocycles. The van der Waals surface area contributed by atoms with Crippen molar-refractivity contribution in [3.05, 3.63) is 76.5 Å². The van der Waals surface area contributed by atoms with Crippen molar-refractivity contribution < 1.29 is 13.6 Å². The first-order valence-electron chi connectivity index (χ1n) is 8.15. The Bertz CT molecular complexity index is 724. The van der Waals surface area contributed by atoms with Crippen LogP contribution in [0.5, 0.6) is 0 Å². The summed E-state index contributed by atoms with van der Waals surface area (Å²) in [5.41, 5.74) is 1.83. The summed E-state index contributed by atoms with van der Waals surface area (Å²) in [6.45, 7) is 8.23. The van der Waals surface area contributed by atoms with Gasteiger partial charge < -0.3 is 14.4 Å². The van der Waals surface area contributed by atoms with Crippen LogP contribution in [-0.2, 0) is 13.6 Å². The van der Waals surface area contributed by atoms with E-state index < -0.39 is 13.6 Å². The van der Waals surface area contributed by atoms with Crippen LogP contribution in [0, 0.1) is 0 Å². The highest BCUT2D eigenvalue weighted by molar-refractivity contribution is 9.10. The van der Waals surface area contributed by atoms with Crippen LogP contribution in [0.4, 0.5) is 5.69 Å². The van der Waals surface area contributed by atoms with Gasteiger partial charge in [0.1, 0.15) is 0 Å². The molecule has 0 aliphatic rings. The summed E-state index contributed by atoms with van der Waals surface area (Å²) in [5, 5.41) is 3.79. The smallest absolute Gasteiger partial charge is 0.359 e. The van der Waals surface area contributed by atoms with Gasteiger partial charge in [-0.05, 0) is 43.7 Å². The molecule has 0 unspecified atom stereocenters. The lowest BCUT2D eigenvalue weighted by atomic mass is 10.1. The Labute approximate surface area is 157 Å². The Morgan fingerprint density at radius 2 is 1.64 bits per heavy atom. The molecule has 1 atom stereocenters. The van der Waals surface area contributed by atoms with E-state index in [-0.39, 0.29) is 13.2 Å². The van der Waals surface area contributed by atoms with E-state index in [0.29, 0.717) is 5.31 Å². The summed E-state index contributed by atoms with van der Waals surface area (Å²) in [4.78, 5) is 0. The van der Waals surface area contributed by atoms with Crippen LogP contribution in [-0.4, -0.2) is 13.2 Å². The standard InChI is InChI=1S/C19H23BrNO3P/c1-4-23-25(22,24-5-2)15(3)19(16-9-7-6-8-10-16)21-18-13-11-17(20)12-14-18/h6-14,19,21H,3-5H2,1-2H3/t19-/m0/s1. The maximum absolute atomic E-state index is 13.2. The summed E-state index contributed by atoms with van der Waals surface area (Å²) in [6, 6.07) is 17.1. The van der Waals surface area contributed by atoms with E-state index in [4.69, 9.17) is 9.05 Å². The van der Waals surface area contributed by atoms with Crippen molar-refractivity contribution >= 4 is 29.2 Å². The fraction of sp³-hybridized carbons (Fsp3) is 0.263. The van der Waals surface area contributed by atoms with Gasteiger partial charge in [0.05, 0.1) is 24.6 Å². The Morgan fingerprint density at radius 1 is 1.08 bits per heavy atom. The molecule has 2 rings (SSSR count). The number of hydrogen-bond donors (Lipinski definition) is 1. The monoisotopic (exact) mass is 423 g/mol. The highest BCUT2D eigenvalue weighted by Crippen LogP contribution is 2.59. The SMILES string of the molecule is C=C([C@H](Nc1ccc(Br)cc1)c1ccccc1)P(=O)(OCC)OCC. The third-order valence-electron chi connectivity index (χ3n) is 3.57. The highest BCUT2D eigenvalue weighted by atomic mass is 79.9. The Morgan fingerprint density at radius 3 is 2.16 bits per heavy atom. The highest BCUT2D eigenvalue weighted by Gasteiger charge is 2.34. The van der Waals surface area contributed by atoms with Gasteiger partial charge in [-0.25, -0.2) is 0 Å². The van der Waals surface area contributed by atoms with Gasteiger partial charge >= 0.3 is 7.60 Å². The topological polar surface area (TPSA) is 47.6 Å². The average Bonchev–Trinajstić information content (AvgIpc) is 2.62. The van der Waals surface area contributed by atoms with Crippen molar-refractivity contribution in [2.24, 2.45) is 0 Å². The van der Waals surface area contributed by atoms with Gasteiger partial charge in [-0.3, -0.25) is 4.57 Å². The first-order chi connectivity index (χ1) is 12.0.